The molecule has 5 nitrogen and oxygen atoms in total. The maximum absolute atomic E-state index is 12.4. The predicted molar refractivity (Wildman–Crippen MR) is 82.9 cm³/mol. The lowest BCUT2D eigenvalue weighted by molar-refractivity contribution is -0.137. The summed E-state index contributed by atoms with van der Waals surface area (Å²) in [5, 5.41) is 12.3. The van der Waals surface area contributed by atoms with Crippen LogP contribution in [0.5, 0.6) is 0 Å². The number of aromatic nitrogens is 1. The number of nitrogens with one attached hydrogen (secondary N) is 1. The average molecular weight is 298 g/mol. The third kappa shape index (κ3) is 3.24. The van der Waals surface area contributed by atoms with Crippen molar-refractivity contribution >= 4 is 22.8 Å². The summed E-state index contributed by atoms with van der Waals surface area (Å²) in [5.41, 5.74) is 2.44. The van der Waals surface area contributed by atoms with Gasteiger partial charge in [0.15, 0.2) is 0 Å². The zero-order valence-corrected chi connectivity index (χ0v) is 12.2. The highest BCUT2D eigenvalue weighted by atomic mass is 16.4. The van der Waals surface area contributed by atoms with E-state index in [0.717, 1.165) is 29.4 Å². The molecule has 22 heavy (non-hydrogen) atoms. The molecule has 0 saturated heterocycles. The first-order valence-electron chi connectivity index (χ1n) is 7.55. The fourth-order valence-electron chi connectivity index (χ4n) is 2.51. The van der Waals surface area contributed by atoms with Gasteiger partial charge in [-0.3, -0.25) is 14.6 Å². The van der Waals surface area contributed by atoms with Crippen molar-refractivity contribution in [2.24, 2.45) is 0 Å². The van der Waals surface area contributed by atoms with Gasteiger partial charge in [-0.05, 0) is 31.4 Å². The molecular formula is C17H18N2O3. The molecule has 114 valence electrons. The van der Waals surface area contributed by atoms with Crippen LogP contribution < -0.4 is 5.32 Å². The summed E-state index contributed by atoms with van der Waals surface area (Å²) in [6.45, 7) is 0.362. The first kappa shape index (κ1) is 14.5. The Bertz CT molecular complexity index is 723. The number of pyridine rings is 1. The number of carbonyl (C=O) groups is 2. The van der Waals surface area contributed by atoms with E-state index < -0.39 is 5.97 Å². The first-order chi connectivity index (χ1) is 10.6. The van der Waals surface area contributed by atoms with E-state index in [2.05, 4.69) is 10.3 Å². The highest BCUT2D eigenvalue weighted by Crippen LogP contribution is 2.40. The smallest absolute Gasteiger partial charge is 0.303 e. The molecule has 0 radical (unpaired) electrons. The summed E-state index contributed by atoms with van der Waals surface area (Å²) in [4.78, 5) is 27.5. The Morgan fingerprint density at radius 3 is 2.77 bits per heavy atom. The van der Waals surface area contributed by atoms with E-state index in [-0.39, 0.29) is 12.3 Å². The highest BCUT2D eigenvalue weighted by Gasteiger charge is 2.26. The van der Waals surface area contributed by atoms with Gasteiger partial charge in [0.25, 0.3) is 5.91 Å². The van der Waals surface area contributed by atoms with Crippen molar-refractivity contribution in [1.82, 2.24) is 10.3 Å². The molecule has 1 aliphatic carbocycles. The number of rotatable bonds is 6. The lowest BCUT2D eigenvalue weighted by Crippen LogP contribution is -2.25. The molecule has 5 heteroatoms. The van der Waals surface area contributed by atoms with Gasteiger partial charge in [0.1, 0.15) is 0 Å². The molecule has 3 rings (SSSR count). The van der Waals surface area contributed by atoms with Crippen LogP contribution in [0.3, 0.4) is 0 Å². The number of benzene rings is 1. The minimum absolute atomic E-state index is 0.0602. The van der Waals surface area contributed by atoms with E-state index in [1.807, 2.05) is 30.3 Å². The fourth-order valence-corrected chi connectivity index (χ4v) is 2.51. The predicted octanol–water partition coefficient (Wildman–Crippen LogP) is 2.71. The Hall–Kier alpha value is -2.43. The van der Waals surface area contributed by atoms with E-state index in [0.29, 0.717) is 24.4 Å². The minimum atomic E-state index is -0.848. The van der Waals surface area contributed by atoms with Crippen molar-refractivity contribution in [2.45, 2.75) is 31.6 Å². The van der Waals surface area contributed by atoms with Crippen LogP contribution in [0.15, 0.2) is 30.3 Å². The number of amides is 1. The molecule has 2 N–H and O–H groups in total. The van der Waals surface area contributed by atoms with Crippen molar-refractivity contribution in [2.75, 3.05) is 6.54 Å². The lowest BCUT2D eigenvalue weighted by Gasteiger charge is -2.10. The number of nitrogens with zero attached hydrogens (tertiary/aromatic N) is 1. The molecule has 0 spiro atoms. The van der Waals surface area contributed by atoms with Crippen LogP contribution in [0.25, 0.3) is 10.9 Å². The Kier molecular flexibility index (Phi) is 4.04. The van der Waals surface area contributed by atoms with Crippen LogP contribution in [0.4, 0.5) is 0 Å². The summed E-state index contributed by atoms with van der Waals surface area (Å²) in [5.74, 6) is -0.534. The first-order valence-corrected chi connectivity index (χ1v) is 7.55. The van der Waals surface area contributed by atoms with E-state index in [1.54, 1.807) is 0 Å². The Labute approximate surface area is 128 Å². The third-order valence-corrected chi connectivity index (χ3v) is 3.83. The molecule has 1 fully saturated rings. The molecule has 0 unspecified atom stereocenters. The van der Waals surface area contributed by atoms with Gasteiger partial charge in [0, 0.05) is 30.0 Å². The molecule has 1 aromatic heterocycles. The lowest BCUT2D eigenvalue weighted by atomic mass is 10.1. The quantitative estimate of drug-likeness (QED) is 0.804. The van der Waals surface area contributed by atoms with Gasteiger partial charge in [-0.2, -0.15) is 0 Å². The van der Waals surface area contributed by atoms with Crippen LogP contribution in [0, 0.1) is 0 Å². The van der Waals surface area contributed by atoms with E-state index in [1.165, 1.54) is 0 Å². The largest absolute Gasteiger partial charge is 0.481 e. The summed E-state index contributed by atoms with van der Waals surface area (Å²) >= 11 is 0. The molecule has 0 aliphatic heterocycles. The standard InChI is InChI=1S/C17H18N2O3/c20-16(21)6-3-9-18-17(22)13-10-15(11-7-8-11)19-14-5-2-1-4-12(13)14/h1-2,4-5,10-11H,3,6-9H2,(H,18,22)(H,20,21). The van der Waals surface area contributed by atoms with Gasteiger partial charge in [-0.15, -0.1) is 0 Å². The number of carbonyl (C=O) groups excluding carboxylic acids is 1. The maximum Gasteiger partial charge on any atom is 0.303 e. The average Bonchev–Trinajstić information content (AvgIpc) is 3.35. The minimum Gasteiger partial charge on any atom is -0.481 e. The molecule has 1 heterocycles. The van der Waals surface area contributed by atoms with Crippen LogP contribution in [0.1, 0.15) is 47.7 Å². The second-order valence-electron chi connectivity index (χ2n) is 5.64. The Morgan fingerprint density at radius 1 is 1.27 bits per heavy atom. The summed E-state index contributed by atoms with van der Waals surface area (Å²) in [6.07, 6.45) is 2.75. The summed E-state index contributed by atoms with van der Waals surface area (Å²) < 4.78 is 0. The number of carboxylic acid groups (broad SMARTS) is 1. The topological polar surface area (TPSA) is 79.3 Å². The van der Waals surface area contributed by atoms with Crippen LogP contribution >= 0.6 is 0 Å². The van der Waals surface area contributed by atoms with Crippen molar-refractivity contribution in [3.63, 3.8) is 0 Å². The number of aliphatic carboxylic acids is 1. The van der Waals surface area contributed by atoms with Gasteiger partial charge >= 0.3 is 5.97 Å². The maximum atomic E-state index is 12.4. The van der Waals surface area contributed by atoms with Crippen LogP contribution in [-0.4, -0.2) is 28.5 Å². The number of hydrogen-bond acceptors (Lipinski definition) is 3. The molecule has 0 atom stereocenters. The van der Waals surface area contributed by atoms with Crippen molar-refractivity contribution in [3.8, 4) is 0 Å². The Balaban J connectivity index is 1.81. The number of fused-ring (bicyclic) bond motifs is 1. The molecule has 0 bridgehead atoms. The van der Waals surface area contributed by atoms with Gasteiger partial charge in [0.05, 0.1) is 11.1 Å². The highest BCUT2D eigenvalue weighted by molar-refractivity contribution is 6.06. The van der Waals surface area contributed by atoms with Gasteiger partial charge in [-0.1, -0.05) is 18.2 Å². The third-order valence-electron chi connectivity index (χ3n) is 3.83. The fraction of sp³-hybridized carbons (Fsp3) is 0.353. The van der Waals surface area contributed by atoms with Gasteiger partial charge in [0.2, 0.25) is 0 Å². The number of para-hydroxylation sites is 1. The monoisotopic (exact) mass is 298 g/mol. The van der Waals surface area contributed by atoms with E-state index in [4.69, 9.17) is 5.11 Å². The summed E-state index contributed by atoms with van der Waals surface area (Å²) in [6, 6.07) is 9.50. The van der Waals surface area contributed by atoms with Gasteiger partial charge < -0.3 is 10.4 Å². The van der Waals surface area contributed by atoms with Crippen molar-refractivity contribution < 1.29 is 14.7 Å². The molecule has 1 aliphatic rings. The molecule has 1 amide bonds. The zero-order chi connectivity index (χ0) is 15.5. The number of carboxylic acids is 1. The zero-order valence-electron chi connectivity index (χ0n) is 12.2. The molecule has 1 aromatic carbocycles. The van der Waals surface area contributed by atoms with Crippen molar-refractivity contribution in [1.29, 1.82) is 0 Å². The SMILES string of the molecule is O=C(O)CCCNC(=O)c1cc(C2CC2)nc2ccccc12. The number of hydrogen-bond donors (Lipinski definition) is 2. The second kappa shape index (κ2) is 6.13. The second-order valence-corrected chi connectivity index (χ2v) is 5.64. The van der Waals surface area contributed by atoms with Crippen molar-refractivity contribution in [3.05, 3.63) is 41.6 Å². The molecular weight excluding hydrogens is 280 g/mol. The van der Waals surface area contributed by atoms with E-state index in [9.17, 15) is 9.59 Å². The molecule has 1 saturated carbocycles. The summed E-state index contributed by atoms with van der Waals surface area (Å²) in [7, 11) is 0. The Morgan fingerprint density at radius 2 is 2.05 bits per heavy atom. The van der Waals surface area contributed by atoms with Crippen LogP contribution in [0.2, 0.25) is 0 Å². The normalized spacial score (nSPS) is 14.0. The van der Waals surface area contributed by atoms with Crippen LogP contribution in [-0.2, 0) is 4.79 Å². The molecule has 2 aromatic rings. The van der Waals surface area contributed by atoms with Gasteiger partial charge in [-0.25, -0.2) is 0 Å². The van der Waals surface area contributed by atoms with E-state index >= 15 is 0 Å².